The first-order valence-electron chi connectivity index (χ1n) is 11.1. The van der Waals surface area contributed by atoms with Crippen LogP contribution in [-0.2, 0) is 4.74 Å². The lowest BCUT2D eigenvalue weighted by Gasteiger charge is -2.19. The van der Waals surface area contributed by atoms with Crippen molar-refractivity contribution in [2.45, 2.75) is 46.3 Å². The number of hydrogen-bond donors (Lipinski definition) is 0. The third-order valence-electron chi connectivity index (χ3n) is 4.53. The lowest BCUT2D eigenvalue weighted by Crippen LogP contribution is -2.26. The van der Waals surface area contributed by atoms with E-state index >= 15 is 0 Å². The largest absolute Gasteiger partial charge is 0.514 e. The highest BCUT2D eigenvalue weighted by Crippen LogP contribution is 2.29. The molecule has 8 nitrogen and oxygen atoms in total. The lowest BCUT2D eigenvalue weighted by atomic mass is 10.2. The summed E-state index contributed by atoms with van der Waals surface area (Å²) in [4.78, 5) is 17.5. The van der Waals surface area contributed by atoms with Crippen molar-refractivity contribution in [2.24, 2.45) is 10.1 Å². The molecule has 0 bridgehead atoms. The maximum absolute atomic E-state index is 12.1. The molecule has 35 heavy (non-hydrogen) atoms. The molecule has 0 saturated carbocycles. The Morgan fingerprint density at radius 1 is 1.03 bits per heavy atom. The van der Waals surface area contributed by atoms with Crippen LogP contribution in [0.4, 0.5) is 4.79 Å². The van der Waals surface area contributed by atoms with Crippen molar-refractivity contribution in [2.75, 3.05) is 14.2 Å². The van der Waals surface area contributed by atoms with Gasteiger partial charge in [-0.15, -0.1) is 11.3 Å². The van der Waals surface area contributed by atoms with E-state index in [0.717, 1.165) is 27.4 Å². The van der Waals surface area contributed by atoms with Gasteiger partial charge in [-0.05, 0) is 82.6 Å². The number of hydrogen-bond acceptors (Lipinski definition) is 8. The summed E-state index contributed by atoms with van der Waals surface area (Å²) in [7, 11) is 3.15. The third kappa shape index (κ3) is 7.19. The third-order valence-corrected chi connectivity index (χ3v) is 5.36. The highest BCUT2D eigenvalue weighted by molar-refractivity contribution is 7.07. The standard InChI is InChI=1S/C26H31N3O5S/c1-17(2)28-24-29(21(16-35-24)19-9-11-20(31-6)12-10-19)27-15-18-8-13-22(23(14-18)32-7)33-25(30)34-26(3,4)5/h8-17H,1-7H3. The average molecular weight is 498 g/mol. The first-order chi connectivity index (χ1) is 16.6. The van der Waals surface area contributed by atoms with Crippen LogP contribution in [0, 0.1) is 0 Å². The van der Waals surface area contributed by atoms with Gasteiger partial charge in [-0.1, -0.05) is 0 Å². The normalized spacial score (nSPS) is 12.3. The molecule has 1 heterocycles. The minimum atomic E-state index is -0.796. The van der Waals surface area contributed by atoms with Gasteiger partial charge in [0.05, 0.1) is 26.1 Å². The zero-order chi connectivity index (χ0) is 25.6. The number of aromatic nitrogens is 1. The van der Waals surface area contributed by atoms with E-state index < -0.39 is 11.8 Å². The van der Waals surface area contributed by atoms with E-state index in [1.807, 2.05) is 48.2 Å². The summed E-state index contributed by atoms with van der Waals surface area (Å²) >= 11 is 1.52. The Labute approximate surface area is 209 Å². The molecule has 0 radical (unpaired) electrons. The highest BCUT2D eigenvalue weighted by atomic mass is 32.1. The first-order valence-corrected chi connectivity index (χ1v) is 12.0. The molecule has 0 aliphatic rings. The quantitative estimate of drug-likeness (QED) is 0.236. The number of methoxy groups -OCH3 is 2. The van der Waals surface area contributed by atoms with Crippen LogP contribution in [-0.4, -0.2) is 42.9 Å². The van der Waals surface area contributed by atoms with Crippen molar-refractivity contribution >= 4 is 23.7 Å². The maximum atomic E-state index is 12.1. The van der Waals surface area contributed by atoms with Gasteiger partial charge in [-0.25, -0.2) is 9.47 Å². The summed E-state index contributed by atoms with van der Waals surface area (Å²) in [6, 6.07) is 13.1. The molecule has 0 saturated heterocycles. The van der Waals surface area contributed by atoms with Crippen LogP contribution in [0.25, 0.3) is 11.3 Å². The Kier molecular flexibility index (Phi) is 8.34. The van der Waals surface area contributed by atoms with Crippen LogP contribution in [0.15, 0.2) is 57.9 Å². The fourth-order valence-corrected chi connectivity index (χ4v) is 3.98. The second-order valence-corrected chi connectivity index (χ2v) is 9.72. The Balaban J connectivity index is 1.93. The zero-order valence-electron chi connectivity index (χ0n) is 21.1. The van der Waals surface area contributed by atoms with Crippen molar-refractivity contribution < 1.29 is 23.7 Å². The molecule has 3 aromatic rings. The van der Waals surface area contributed by atoms with Gasteiger partial charge in [0, 0.05) is 17.0 Å². The van der Waals surface area contributed by atoms with Gasteiger partial charge >= 0.3 is 6.16 Å². The predicted molar refractivity (Wildman–Crippen MR) is 138 cm³/mol. The molecule has 0 spiro atoms. The van der Waals surface area contributed by atoms with Gasteiger partial charge in [-0.2, -0.15) is 5.10 Å². The summed E-state index contributed by atoms with van der Waals surface area (Å²) in [6.07, 6.45) is 0.911. The van der Waals surface area contributed by atoms with Gasteiger partial charge in [0.15, 0.2) is 11.5 Å². The maximum Gasteiger partial charge on any atom is 0.514 e. The van der Waals surface area contributed by atoms with Crippen molar-refractivity contribution in [1.29, 1.82) is 0 Å². The van der Waals surface area contributed by atoms with Gasteiger partial charge in [0.2, 0.25) is 4.80 Å². The number of carbonyl (C=O) groups excluding carboxylic acids is 1. The number of carbonyl (C=O) groups is 1. The number of benzene rings is 2. The van der Waals surface area contributed by atoms with E-state index in [2.05, 4.69) is 0 Å². The van der Waals surface area contributed by atoms with E-state index in [1.165, 1.54) is 18.4 Å². The van der Waals surface area contributed by atoms with Crippen LogP contribution < -0.4 is 19.0 Å². The van der Waals surface area contributed by atoms with Gasteiger partial charge < -0.3 is 18.9 Å². The van der Waals surface area contributed by atoms with Crippen LogP contribution in [0.5, 0.6) is 17.2 Å². The first kappa shape index (κ1) is 26.0. The van der Waals surface area contributed by atoms with Crippen molar-refractivity contribution in [1.82, 2.24) is 4.68 Å². The summed E-state index contributed by atoms with van der Waals surface area (Å²) in [5.41, 5.74) is 2.00. The van der Waals surface area contributed by atoms with Crippen LogP contribution >= 0.6 is 11.3 Å². The monoisotopic (exact) mass is 497 g/mol. The molecule has 0 atom stereocenters. The molecule has 0 aliphatic heterocycles. The van der Waals surface area contributed by atoms with E-state index in [0.29, 0.717) is 5.75 Å². The van der Waals surface area contributed by atoms with Gasteiger partial charge in [0.1, 0.15) is 11.4 Å². The van der Waals surface area contributed by atoms with Gasteiger partial charge in [-0.3, -0.25) is 4.99 Å². The topological polar surface area (TPSA) is 83.6 Å². The fraction of sp³-hybridized carbons (Fsp3) is 0.346. The number of rotatable bonds is 7. The average Bonchev–Trinajstić information content (AvgIpc) is 3.18. The highest BCUT2D eigenvalue weighted by Gasteiger charge is 2.19. The molecule has 0 amide bonds. The molecule has 0 aliphatic carbocycles. The fourth-order valence-electron chi connectivity index (χ4n) is 3.01. The molecule has 9 heteroatoms. The van der Waals surface area contributed by atoms with Crippen molar-refractivity contribution in [3.05, 3.63) is 58.2 Å². The minimum Gasteiger partial charge on any atom is -0.497 e. The van der Waals surface area contributed by atoms with E-state index in [9.17, 15) is 4.79 Å². The second-order valence-electron chi connectivity index (χ2n) is 8.89. The minimum absolute atomic E-state index is 0.114. The van der Waals surface area contributed by atoms with Crippen molar-refractivity contribution in [3.8, 4) is 28.5 Å². The van der Waals surface area contributed by atoms with E-state index in [-0.39, 0.29) is 11.8 Å². The molecule has 2 aromatic carbocycles. The van der Waals surface area contributed by atoms with Crippen LogP contribution in [0.3, 0.4) is 0 Å². The molecular weight excluding hydrogens is 466 g/mol. The van der Waals surface area contributed by atoms with Crippen LogP contribution in [0.2, 0.25) is 0 Å². The number of ether oxygens (including phenoxy) is 4. The van der Waals surface area contributed by atoms with Crippen molar-refractivity contribution in [3.63, 3.8) is 0 Å². The summed E-state index contributed by atoms with van der Waals surface area (Å²) in [5.74, 6) is 1.43. The smallest absolute Gasteiger partial charge is 0.497 e. The molecule has 186 valence electrons. The zero-order valence-corrected chi connectivity index (χ0v) is 21.9. The molecule has 0 fully saturated rings. The van der Waals surface area contributed by atoms with E-state index in [4.69, 9.17) is 29.0 Å². The Bertz CT molecular complexity index is 1250. The molecular formula is C26H31N3O5S. The Hall–Kier alpha value is -3.59. The summed E-state index contributed by atoms with van der Waals surface area (Å²) in [5, 5.41) is 6.74. The Morgan fingerprint density at radius 3 is 2.34 bits per heavy atom. The Morgan fingerprint density at radius 2 is 1.74 bits per heavy atom. The molecule has 1 aromatic heterocycles. The predicted octanol–water partition coefficient (Wildman–Crippen LogP) is 5.74. The molecule has 3 rings (SSSR count). The lowest BCUT2D eigenvalue weighted by molar-refractivity contribution is 0.0201. The summed E-state index contributed by atoms with van der Waals surface area (Å²) in [6.45, 7) is 9.36. The van der Waals surface area contributed by atoms with Crippen LogP contribution in [0.1, 0.15) is 40.2 Å². The van der Waals surface area contributed by atoms with E-state index in [1.54, 1.807) is 52.3 Å². The number of nitrogens with zero attached hydrogens (tertiary/aromatic N) is 3. The molecule has 0 N–H and O–H groups in total. The van der Waals surface area contributed by atoms with Gasteiger partial charge in [0.25, 0.3) is 0 Å². The number of thiazole rings is 1. The molecule has 0 unspecified atom stereocenters. The SMILES string of the molecule is COc1ccc(-c2csc(=NC(C)C)n2N=Cc2ccc(OC(=O)OC(C)(C)C)c(OC)c2)cc1. The summed E-state index contributed by atoms with van der Waals surface area (Å²) < 4.78 is 23.0. The second kappa shape index (κ2) is 11.2.